The van der Waals surface area contributed by atoms with Crippen LogP contribution in [-0.4, -0.2) is 45.4 Å². The van der Waals surface area contributed by atoms with E-state index in [1.165, 1.54) is 6.42 Å². The van der Waals surface area contributed by atoms with Crippen LogP contribution in [0.3, 0.4) is 0 Å². The highest BCUT2D eigenvalue weighted by molar-refractivity contribution is 5.84. The molecule has 342 valence electrons. The fraction of sp³-hybridized carbons (Fsp3) is 0.259. The minimum Gasteiger partial charge on any atom is -0.497 e. The van der Waals surface area contributed by atoms with E-state index in [0.717, 1.165) is 64.8 Å². The summed E-state index contributed by atoms with van der Waals surface area (Å²) >= 11 is 0. The summed E-state index contributed by atoms with van der Waals surface area (Å²) in [7, 11) is 3.30. The Morgan fingerprint density at radius 1 is 0.676 bits per heavy atom. The molecule has 6 aromatic carbocycles. The Hall–Kier alpha value is -7.32. The van der Waals surface area contributed by atoms with E-state index in [1.54, 1.807) is 25.1 Å². The second-order valence-corrected chi connectivity index (χ2v) is 17.8. The van der Waals surface area contributed by atoms with Crippen molar-refractivity contribution in [2.75, 3.05) is 19.5 Å². The van der Waals surface area contributed by atoms with Gasteiger partial charge in [-0.3, -0.25) is 4.57 Å². The molecule has 0 spiro atoms. The van der Waals surface area contributed by atoms with E-state index in [1.807, 2.05) is 133 Å². The Morgan fingerprint density at radius 2 is 1.16 bits per heavy atom. The van der Waals surface area contributed by atoms with Crippen LogP contribution in [-0.2, 0) is 20.6 Å². The monoisotopic (exact) mass is 903 g/mol. The van der Waals surface area contributed by atoms with Crippen molar-refractivity contribution in [3.8, 4) is 23.8 Å². The van der Waals surface area contributed by atoms with Crippen LogP contribution in [0.1, 0.15) is 84.6 Å². The highest BCUT2D eigenvalue weighted by Crippen LogP contribution is 2.51. The number of methoxy groups -OCH3 is 2. The first-order valence-corrected chi connectivity index (χ1v) is 23.4. The van der Waals surface area contributed by atoms with Crippen LogP contribution in [0.5, 0.6) is 11.5 Å². The summed E-state index contributed by atoms with van der Waals surface area (Å²) < 4.78 is 44.5. The highest BCUT2D eigenvalue weighted by Gasteiger charge is 2.55. The number of nitrogens with one attached hydrogen (secondary N) is 1. The number of benzene rings is 6. The molecule has 3 heterocycles. The molecule has 2 fully saturated rings. The number of terminal acetylenes is 1. The quantitative estimate of drug-likeness (QED) is 0.0618. The van der Waals surface area contributed by atoms with Crippen molar-refractivity contribution in [3.63, 3.8) is 0 Å². The predicted molar refractivity (Wildman–Crippen MR) is 263 cm³/mol. The molecule has 9 nitrogen and oxygen atoms in total. The van der Waals surface area contributed by atoms with E-state index in [4.69, 9.17) is 30.4 Å². The number of imidazole rings is 1. The van der Waals surface area contributed by atoms with Gasteiger partial charge >= 0.3 is 6.08 Å². The van der Waals surface area contributed by atoms with E-state index in [9.17, 15) is 0 Å². The molecule has 10 rings (SSSR count). The molecule has 2 aromatic heterocycles. The van der Waals surface area contributed by atoms with Gasteiger partial charge in [0.05, 0.1) is 20.5 Å². The SMILES string of the molecule is C#C[C@@]1(CC2CCCCC2)O[C@@H](n2cnc3c(NC(c4ccccc4)(c4ccccc4)c4ccc(OC)cc4)nc(F)nc32)C[C@@H]1OC(c1ccccc1)(c1ccccc1)c1ccc(OC)cc1. The number of aromatic nitrogens is 4. The average molecular weight is 904 g/mol. The van der Waals surface area contributed by atoms with Gasteiger partial charge in [-0.15, -0.1) is 6.42 Å². The van der Waals surface area contributed by atoms with E-state index in [-0.39, 0.29) is 11.5 Å². The Labute approximate surface area is 397 Å². The number of rotatable bonds is 15. The van der Waals surface area contributed by atoms with Crippen molar-refractivity contribution in [1.82, 2.24) is 19.5 Å². The Bertz CT molecular complexity index is 2900. The molecule has 1 aliphatic carbocycles. The van der Waals surface area contributed by atoms with Gasteiger partial charge in [0.15, 0.2) is 22.6 Å². The van der Waals surface area contributed by atoms with Crippen molar-refractivity contribution in [2.45, 2.75) is 74.0 Å². The van der Waals surface area contributed by atoms with Crippen molar-refractivity contribution in [1.29, 1.82) is 0 Å². The molecule has 3 atom stereocenters. The van der Waals surface area contributed by atoms with Gasteiger partial charge in [0, 0.05) is 6.42 Å². The summed E-state index contributed by atoms with van der Waals surface area (Å²) in [5.74, 6) is 5.16. The molecule has 1 saturated carbocycles. The minimum atomic E-state index is -1.18. The first kappa shape index (κ1) is 44.5. The zero-order valence-corrected chi connectivity index (χ0v) is 38.3. The normalized spacial score (nSPS) is 18.8. The van der Waals surface area contributed by atoms with Gasteiger partial charge in [-0.05, 0) is 70.0 Å². The lowest BCUT2D eigenvalue weighted by Gasteiger charge is -2.42. The van der Waals surface area contributed by atoms with Crippen molar-refractivity contribution in [2.24, 2.45) is 5.92 Å². The minimum absolute atomic E-state index is 0.206. The molecule has 0 bridgehead atoms. The second-order valence-electron chi connectivity index (χ2n) is 17.8. The summed E-state index contributed by atoms with van der Waals surface area (Å²) in [4.78, 5) is 13.8. The Balaban J connectivity index is 1.11. The number of anilines is 1. The van der Waals surface area contributed by atoms with Gasteiger partial charge < -0.3 is 24.3 Å². The van der Waals surface area contributed by atoms with Gasteiger partial charge in [-0.25, -0.2) is 4.98 Å². The Morgan fingerprint density at radius 3 is 1.68 bits per heavy atom. The first-order chi connectivity index (χ1) is 33.4. The van der Waals surface area contributed by atoms with E-state index >= 15 is 4.39 Å². The molecule has 8 aromatic rings. The molecule has 2 aliphatic rings. The fourth-order valence-electron chi connectivity index (χ4n) is 10.6. The molecule has 0 unspecified atom stereocenters. The molecular formula is C58H54FN5O4. The van der Waals surface area contributed by atoms with Crippen LogP contribution < -0.4 is 14.8 Å². The van der Waals surface area contributed by atoms with Gasteiger partial charge in [-0.1, -0.05) is 184 Å². The maximum atomic E-state index is 16.3. The summed E-state index contributed by atoms with van der Waals surface area (Å²) in [5.41, 5.74) is 2.69. The molecule has 1 saturated heterocycles. The van der Waals surface area contributed by atoms with Crippen LogP contribution in [0.25, 0.3) is 11.2 Å². The lowest BCUT2D eigenvalue weighted by molar-refractivity contribution is -0.126. The van der Waals surface area contributed by atoms with Crippen LogP contribution >= 0.6 is 0 Å². The van der Waals surface area contributed by atoms with Crippen molar-refractivity contribution >= 4 is 17.0 Å². The molecule has 0 amide bonds. The average Bonchev–Trinajstić information content (AvgIpc) is 3.99. The molecule has 1 aliphatic heterocycles. The van der Waals surface area contributed by atoms with E-state index in [0.29, 0.717) is 30.0 Å². The smallest absolute Gasteiger partial charge is 0.312 e. The van der Waals surface area contributed by atoms with E-state index in [2.05, 4.69) is 57.6 Å². The van der Waals surface area contributed by atoms with Gasteiger partial charge in [0.1, 0.15) is 35.0 Å². The van der Waals surface area contributed by atoms with Crippen LogP contribution in [0, 0.1) is 24.3 Å². The summed E-state index contributed by atoms with van der Waals surface area (Å²) in [6.45, 7) is 0. The third-order valence-corrected chi connectivity index (χ3v) is 14.0. The third-order valence-electron chi connectivity index (χ3n) is 14.0. The Kier molecular flexibility index (Phi) is 12.5. The predicted octanol–water partition coefficient (Wildman–Crippen LogP) is 12.0. The summed E-state index contributed by atoms with van der Waals surface area (Å²) in [5, 5.41) is 3.74. The maximum absolute atomic E-state index is 16.3. The largest absolute Gasteiger partial charge is 0.497 e. The number of ether oxygens (including phenoxy) is 4. The van der Waals surface area contributed by atoms with Gasteiger partial charge in [0.25, 0.3) is 0 Å². The lowest BCUT2D eigenvalue weighted by Crippen LogP contribution is -2.47. The van der Waals surface area contributed by atoms with Crippen LogP contribution in [0.2, 0.25) is 0 Å². The molecule has 68 heavy (non-hydrogen) atoms. The van der Waals surface area contributed by atoms with Crippen molar-refractivity contribution < 1.29 is 23.3 Å². The molecule has 10 heteroatoms. The fourth-order valence-corrected chi connectivity index (χ4v) is 10.6. The standard InChI is InChI=1S/C58H54FN5O4/c1-4-56(39-41-20-10-5-11-21-41)50(67-58(45-26-16-8-17-27-45,46-28-18-9-19-29-46)47-32-36-49(66-3)37-33-47)38-51(68-56)64-40-60-52-53(61-55(59)62-54(52)64)63-57(42-22-12-6-13-23-42,43-24-14-7-15-25-43)44-30-34-48(65-2)35-31-44/h1,6-9,12-19,22-37,40-41,50-51H,5,10-11,20-21,38-39H2,2-3H3,(H,61,62,63)/t50-,51+,56-/m0/s1. The molecule has 0 radical (unpaired) electrons. The maximum Gasteiger partial charge on any atom is 0.312 e. The van der Waals surface area contributed by atoms with Gasteiger partial charge in [0.2, 0.25) is 0 Å². The highest BCUT2D eigenvalue weighted by atomic mass is 19.1. The molecule has 1 N–H and O–H groups in total. The summed E-state index contributed by atoms with van der Waals surface area (Å²) in [6.07, 6.45) is 12.6. The zero-order chi connectivity index (χ0) is 46.6. The summed E-state index contributed by atoms with van der Waals surface area (Å²) in [6, 6.07) is 56.5. The number of halogens is 1. The van der Waals surface area contributed by atoms with Crippen LogP contribution in [0.4, 0.5) is 10.2 Å². The number of fused-ring (bicyclic) bond motifs is 1. The number of hydrogen-bond donors (Lipinski definition) is 1. The molecular weight excluding hydrogens is 850 g/mol. The van der Waals surface area contributed by atoms with E-state index < -0.39 is 35.2 Å². The van der Waals surface area contributed by atoms with Crippen molar-refractivity contribution in [3.05, 3.63) is 216 Å². The number of nitrogens with zero attached hydrogens (tertiary/aromatic N) is 4. The van der Waals surface area contributed by atoms with Gasteiger partial charge in [-0.2, -0.15) is 14.4 Å². The lowest BCUT2D eigenvalue weighted by atomic mass is 9.77. The second kappa shape index (κ2) is 19.1. The zero-order valence-electron chi connectivity index (χ0n) is 38.3. The third kappa shape index (κ3) is 8.16. The first-order valence-electron chi connectivity index (χ1n) is 23.4. The van der Waals surface area contributed by atoms with Crippen LogP contribution in [0.15, 0.2) is 176 Å². The topological polar surface area (TPSA) is 92.6 Å². The number of hydrogen-bond acceptors (Lipinski definition) is 8.